The molecule has 1 aliphatic heterocycles. The number of rotatable bonds is 6. The third-order valence-corrected chi connectivity index (χ3v) is 6.83. The Kier molecular flexibility index (Phi) is 6.75. The maximum atomic E-state index is 13.3. The molecule has 1 aliphatic rings. The highest BCUT2D eigenvalue weighted by Gasteiger charge is 2.35. The molecule has 0 bridgehead atoms. The first-order valence-electron chi connectivity index (χ1n) is 11.1. The fourth-order valence-corrected chi connectivity index (χ4v) is 4.87. The van der Waals surface area contributed by atoms with Crippen molar-refractivity contribution in [1.29, 1.82) is 0 Å². The van der Waals surface area contributed by atoms with E-state index in [1.165, 1.54) is 11.8 Å². The van der Waals surface area contributed by atoms with Gasteiger partial charge in [-0.1, -0.05) is 53.7 Å². The van der Waals surface area contributed by atoms with E-state index >= 15 is 0 Å². The van der Waals surface area contributed by atoms with Gasteiger partial charge >= 0.3 is 0 Å². The van der Waals surface area contributed by atoms with Gasteiger partial charge in [0.15, 0.2) is 0 Å². The van der Waals surface area contributed by atoms with Gasteiger partial charge in [0.05, 0.1) is 17.2 Å². The van der Waals surface area contributed by atoms with Gasteiger partial charge in [-0.2, -0.15) is 4.98 Å². The molecule has 1 atom stereocenters. The zero-order chi connectivity index (χ0) is 25.1. The maximum absolute atomic E-state index is 13.3. The third-order valence-electron chi connectivity index (χ3n) is 5.49. The number of benzene rings is 3. The average Bonchev–Trinajstić information content (AvgIpc) is 2.86. The van der Waals surface area contributed by atoms with Crippen LogP contribution in [0.3, 0.4) is 0 Å². The van der Waals surface area contributed by atoms with E-state index in [4.69, 9.17) is 11.6 Å². The molecule has 10 heteroatoms. The Hall–Kier alpha value is -4.08. The van der Waals surface area contributed by atoms with Crippen LogP contribution in [-0.4, -0.2) is 21.8 Å². The highest BCUT2D eigenvalue weighted by Crippen LogP contribution is 2.35. The Morgan fingerprint density at radius 1 is 0.972 bits per heavy atom. The second kappa shape index (κ2) is 10.3. The minimum Gasteiger partial charge on any atom is -0.326 e. The van der Waals surface area contributed by atoms with Crippen molar-refractivity contribution in [1.82, 2.24) is 9.97 Å². The monoisotopic (exact) mass is 517 g/mol. The summed E-state index contributed by atoms with van der Waals surface area (Å²) >= 11 is 7.42. The normalized spacial score (nSPS) is 14.5. The summed E-state index contributed by atoms with van der Waals surface area (Å²) < 4.78 is 0. The van der Waals surface area contributed by atoms with E-state index in [0.29, 0.717) is 16.4 Å². The molecule has 0 aliphatic carbocycles. The van der Waals surface area contributed by atoms with Crippen molar-refractivity contribution in [3.8, 4) is 0 Å². The van der Waals surface area contributed by atoms with Gasteiger partial charge in [0, 0.05) is 26.9 Å². The molecule has 0 saturated carbocycles. The summed E-state index contributed by atoms with van der Waals surface area (Å²) in [6, 6.07) is 24.0. The molecule has 4 aromatic rings. The van der Waals surface area contributed by atoms with E-state index < -0.39 is 23.3 Å². The number of para-hydroxylation sites is 1. The van der Waals surface area contributed by atoms with E-state index in [0.717, 1.165) is 9.79 Å². The predicted molar refractivity (Wildman–Crippen MR) is 141 cm³/mol. The Labute approximate surface area is 215 Å². The Bertz CT molecular complexity index is 1490. The lowest BCUT2D eigenvalue weighted by Gasteiger charge is -2.24. The van der Waals surface area contributed by atoms with Crippen LogP contribution in [-0.2, 0) is 9.59 Å². The van der Waals surface area contributed by atoms with Gasteiger partial charge < -0.3 is 16.0 Å². The van der Waals surface area contributed by atoms with Crippen molar-refractivity contribution in [3.63, 3.8) is 0 Å². The summed E-state index contributed by atoms with van der Waals surface area (Å²) in [5.41, 5.74) is 0.839. The highest BCUT2D eigenvalue weighted by atomic mass is 35.5. The predicted octanol–water partition coefficient (Wildman–Crippen LogP) is 5.38. The summed E-state index contributed by atoms with van der Waals surface area (Å²) in [5, 5.41) is 9.05. The fraction of sp³-hybridized carbons (Fsp3) is 0.0769. The SMILES string of the molecule is O=C1C[C@H](C(=O)Nc2ccccc2Sc2ccccc2)c2c(nc(Nc3ccc(Cl)cc3)[nH]c2=O)N1. The van der Waals surface area contributed by atoms with Crippen LogP contribution in [0.1, 0.15) is 17.9 Å². The van der Waals surface area contributed by atoms with Crippen molar-refractivity contribution < 1.29 is 9.59 Å². The van der Waals surface area contributed by atoms with Gasteiger partial charge in [-0.25, -0.2) is 0 Å². The number of nitrogens with zero attached hydrogens (tertiary/aromatic N) is 1. The van der Waals surface area contributed by atoms with E-state index in [1.54, 1.807) is 30.3 Å². The summed E-state index contributed by atoms with van der Waals surface area (Å²) in [6.45, 7) is 0. The number of fused-ring (bicyclic) bond motifs is 1. The lowest BCUT2D eigenvalue weighted by Crippen LogP contribution is -2.36. The molecule has 4 N–H and O–H groups in total. The van der Waals surface area contributed by atoms with Gasteiger partial charge in [0.2, 0.25) is 17.8 Å². The maximum Gasteiger partial charge on any atom is 0.258 e. The molecule has 180 valence electrons. The molecule has 0 fully saturated rings. The molecule has 5 rings (SSSR count). The lowest BCUT2D eigenvalue weighted by molar-refractivity contribution is -0.123. The number of carbonyl (C=O) groups excluding carboxylic acids is 2. The first kappa shape index (κ1) is 23.7. The Morgan fingerprint density at radius 3 is 2.47 bits per heavy atom. The second-order valence-corrected chi connectivity index (χ2v) is 9.57. The average molecular weight is 518 g/mol. The number of carbonyl (C=O) groups is 2. The van der Waals surface area contributed by atoms with Crippen LogP contribution in [0.4, 0.5) is 23.1 Å². The van der Waals surface area contributed by atoms with E-state index in [9.17, 15) is 14.4 Å². The minimum atomic E-state index is -0.996. The number of H-pyrrole nitrogens is 1. The highest BCUT2D eigenvalue weighted by molar-refractivity contribution is 7.99. The first-order chi connectivity index (χ1) is 17.5. The summed E-state index contributed by atoms with van der Waals surface area (Å²) in [7, 11) is 0. The van der Waals surface area contributed by atoms with Crippen LogP contribution in [0.25, 0.3) is 0 Å². The van der Waals surface area contributed by atoms with Crippen molar-refractivity contribution in [2.75, 3.05) is 16.0 Å². The molecule has 0 spiro atoms. The van der Waals surface area contributed by atoms with Crippen LogP contribution >= 0.6 is 23.4 Å². The van der Waals surface area contributed by atoms with E-state index in [1.807, 2.05) is 48.5 Å². The summed E-state index contributed by atoms with van der Waals surface area (Å²) in [5.74, 6) is -1.67. The minimum absolute atomic E-state index is 0.0542. The number of nitrogens with one attached hydrogen (secondary N) is 4. The molecule has 8 nitrogen and oxygen atoms in total. The van der Waals surface area contributed by atoms with Crippen molar-refractivity contribution in [3.05, 3.63) is 99.8 Å². The number of anilines is 4. The Morgan fingerprint density at radius 2 is 1.69 bits per heavy atom. The molecule has 2 heterocycles. The van der Waals surface area contributed by atoms with Crippen molar-refractivity contribution >= 4 is 58.3 Å². The number of aromatic amines is 1. The zero-order valence-corrected chi connectivity index (χ0v) is 20.3. The van der Waals surface area contributed by atoms with Gasteiger partial charge in [0.1, 0.15) is 5.82 Å². The standard InChI is InChI=1S/C26H20ClN5O3S/c27-15-10-12-16(13-11-15)28-26-31-23-22(25(35)32-26)18(14-21(33)30-23)24(34)29-19-8-4-5-9-20(19)36-17-6-2-1-3-7-17/h1-13,18H,14H2,(H,29,34)(H3,28,30,31,32,33,35)/t18-/m0/s1. The molecule has 0 saturated heterocycles. The quantitative estimate of drug-likeness (QED) is 0.273. The largest absolute Gasteiger partial charge is 0.326 e. The van der Waals surface area contributed by atoms with Gasteiger partial charge in [0.25, 0.3) is 5.56 Å². The molecule has 0 radical (unpaired) electrons. The van der Waals surface area contributed by atoms with Crippen molar-refractivity contribution in [2.45, 2.75) is 22.1 Å². The molecular weight excluding hydrogens is 498 g/mol. The van der Waals surface area contributed by atoms with E-state index in [2.05, 4.69) is 25.9 Å². The number of hydrogen-bond donors (Lipinski definition) is 4. The molecule has 3 aromatic carbocycles. The smallest absolute Gasteiger partial charge is 0.258 e. The van der Waals surface area contributed by atoms with E-state index in [-0.39, 0.29) is 23.8 Å². The zero-order valence-electron chi connectivity index (χ0n) is 18.7. The topological polar surface area (TPSA) is 116 Å². The number of halogens is 1. The molecule has 36 heavy (non-hydrogen) atoms. The third kappa shape index (κ3) is 5.27. The number of aromatic nitrogens is 2. The van der Waals surface area contributed by atoms with Gasteiger partial charge in [-0.15, -0.1) is 0 Å². The second-order valence-electron chi connectivity index (χ2n) is 8.01. The summed E-state index contributed by atoms with van der Waals surface area (Å²) in [4.78, 5) is 47.6. The van der Waals surface area contributed by atoms with Crippen LogP contribution in [0.5, 0.6) is 0 Å². The molecule has 2 amide bonds. The van der Waals surface area contributed by atoms with Crippen LogP contribution in [0.15, 0.2) is 93.4 Å². The summed E-state index contributed by atoms with van der Waals surface area (Å²) in [6.07, 6.45) is -0.165. The number of hydrogen-bond acceptors (Lipinski definition) is 6. The first-order valence-corrected chi connectivity index (χ1v) is 12.2. The fourth-order valence-electron chi connectivity index (χ4n) is 3.82. The van der Waals surface area contributed by atoms with Crippen LogP contribution in [0, 0.1) is 0 Å². The Balaban J connectivity index is 1.41. The van der Waals surface area contributed by atoms with Crippen LogP contribution < -0.4 is 21.5 Å². The number of amides is 2. The van der Waals surface area contributed by atoms with Crippen LogP contribution in [0.2, 0.25) is 5.02 Å². The lowest BCUT2D eigenvalue weighted by atomic mass is 9.92. The molecule has 1 aromatic heterocycles. The van der Waals surface area contributed by atoms with Gasteiger partial charge in [-0.05, 0) is 48.5 Å². The molecular formula is C26H20ClN5O3S. The molecule has 0 unspecified atom stereocenters. The van der Waals surface area contributed by atoms with Crippen molar-refractivity contribution in [2.24, 2.45) is 0 Å². The van der Waals surface area contributed by atoms with Gasteiger partial charge in [-0.3, -0.25) is 19.4 Å².